The molecule has 1 amide bonds. The highest BCUT2D eigenvalue weighted by molar-refractivity contribution is 6.42. The molecule has 6 heteroatoms. The van der Waals surface area contributed by atoms with Gasteiger partial charge in [-0.05, 0) is 25.0 Å². The van der Waals surface area contributed by atoms with Gasteiger partial charge in [0.15, 0.2) is 0 Å². The van der Waals surface area contributed by atoms with Gasteiger partial charge in [-0.3, -0.25) is 4.79 Å². The van der Waals surface area contributed by atoms with E-state index in [4.69, 9.17) is 28.0 Å². The van der Waals surface area contributed by atoms with Gasteiger partial charge in [-0.2, -0.15) is 0 Å². The van der Waals surface area contributed by atoms with Crippen LogP contribution in [0.4, 0.5) is 0 Å². The van der Waals surface area contributed by atoms with Crippen LogP contribution in [-0.2, 0) is 9.63 Å². The summed E-state index contributed by atoms with van der Waals surface area (Å²) in [7, 11) is 0. The van der Waals surface area contributed by atoms with Crippen LogP contribution in [-0.4, -0.2) is 35.7 Å². The maximum Gasteiger partial charge on any atom is 0.266 e. The molecule has 2 aliphatic rings. The molecule has 0 radical (unpaired) electrons. The zero-order valence-electron chi connectivity index (χ0n) is 10.8. The second-order valence-electron chi connectivity index (χ2n) is 5.00. The van der Waals surface area contributed by atoms with Gasteiger partial charge in [-0.1, -0.05) is 34.4 Å². The first-order valence-electron chi connectivity index (χ1n) is 6.62. The summed E-state index contributed by atoms with van der Waals surface area (Å²) in [6.07, 6.45) is 2.11. The summed E-state index contributed by atoms with van der Waals surface area (Å²) in [6, 6.07) is 5.30. The maximum absolute atomic E-state index is 12.2. The number of oxime groups is 1. The predicted molar refractivity (Wildman–Crippen MR) is 78.3 cm³/mol. The molecule has 1 unspecified atom stereocenters. The summed E-state index contributed by atoms with van der Waals surface area (Å²) < 4.78 is 0. The molecule has 4 nitrogen and oxygen atoms in total. The lowest BCUT2D eigenvalue weighted by Crippen LogP contribution is -2.37. The van der Waals surface area contributed by atoms with Crippen molar-refractivity contribution < 1.29 is 9.63 Å². The Bertz CT molecular complexity index is 568. The molecule has 1 aromatic rings. The van der Waals surface area contributed by atoms with E-state index in [1.165, 1.54) is 0 Å². The number of hydrogen-bond donors (Lipinski definition) is 0. The summed E-state index contributed by atoms with van der Waals surface area (Å²) >= 11 is 11.9. The number of carbonyl (C=O) groups is 1. The Morgan fingerprint density at radius 1 is 1.25 bits per heavy atom. The number of amides is 1. The van der Waals surface area contributed by atoms with E-state index in [0.29, 0.717) is 16.5 Å². The lowest BCUT2D eigenvalue weighted by molar-refractivity contribution is -0.140. The molecule has 106 valence electrons. The van der Waals surface area contributed by atoms with Gasteiger partial charge in [-0.15, -0.1) is 0 Å². The van der Waals surface area contributed by atoms with E-state index < -0.39 is 6.10 Å². The van der Waals surface area contributed by atoms with Crippen LogP contribution in [0.25, 0.3) is 0 Å². The zero-order chi connectivity index (χ0) is 14.1. The summed E-state index contributed by atoms with van der Waals surface area (Å²) in [4.78, 5) is 19.4. The molecule has 3 rings (SSSR count). The van der Waals surface area contributed by atoms with Crippen molar-refractivity contribution in [3.63, 3.8) is 0 Å². The highest BCUT2D eigenvalue weighted by atomic mass is 35.5. The average Bonchev–Trinajstić information content (AvgIpc) is 3.11. The fourth-order valence-corrected chi connectivity index (χ4v) is 2.80. The third kappa shape index (κ3) is 2.63. The van der Waals surface area contributed by atoms with E-state index in [0.717, 1.165) is 37.2 Å². The first-order chi connectivity index (χ1) is 9.65. The first kappa shape index (κ1) is 13.7. The minimum Gasteiger partial charge on any atom is -0.382 e. The van der Waals surface area contributed by atoms with E-state index in [-0.39, 0.29) is 5.91 Å². The number of carbonyl (C=O) groups excluding carboxylic acids is 1. The average molecular weight is 313 g/mol. The Kier molecular flexibility index (Phi) is 3.85. The van der Waals surface area contributed by atoms with Gasteiger partial charge in [0.1, 0.15) is 0 Å². The van der Waals surface area contributed by atoms with Crippen molar-refractivity contribution in [3.05, 3.63) is 33.8 Å². The molecule has 0 aromatic heterocycles. The zero-order valence-corrected chi connectivity index (χ0v) is 12.3. The molecule has 0 bridgehead atoms. The van der Waals surface area contributed by atoms with Gasteiger partial charge in [0.2, 0.25) is 6.10 Å². The highest BCUT2D eigenvalue weighted by Gasteiger charge is 2.33. The van der Waals surface area contributed by atoms with Crippen molar-refractivity contribution in [1.82, 2.24) is 4.90 Å². The lowest BCUT2D eigenvalue weighted by Gasteiger charge is -2.18. The molecule has 0 saturated carbocycles. The van der Waals surface area contributed by atoms with Crippen LogP contribution in [0.1, 0.15) is 24.8 Å². The SMILES string of the molecule is O=C(C1CC(c2ccc(Cl)c(Cl)c2)=NO1)N1CCCC1. The Balaban J connectivity index is 1.69. The van der Waals surface area contributed by atoms with E-state index in [2.05, 4.69) is 5.16 Å². The molecule has 1 saturated heterocycles. The Morgan fingerprint density at radius 2 is 2.00 bits per heavy atom. The van der Waals surface area contributed by atoms with Crippen LogP contribution in [0.2, 0.25) is 10.0 Å². The fourth-order valence-electron chi connectivity index (χ4n) is 2.50. The number of nitrogens with zero attached hydrogens (tertiary/aromatic N) is 2. The van der Waals surface area contributed by atoms with Crippen LogP contribution < -0.4 is 0 Å². The van der Waals surface area contributed by atoms with Gasteiger partial charge in [0.05, 0.1) is 15.8 Å². The molecular formula is C14H14Cl2N2O2. The normalized spacial score (nSPS) is 21.8. The van der Waals surface area contributed by atoms with Crippen molar-refractivity contribution in [3.8, 4) is 0 Å². The topological polar surface area (TPSA) is 41.9 Å². The van der Waals surface area contributed by atoms with Crippen molar-refractivity contribution in [2.45, 2.75) is 25.4 Å². The number of benzene rings is 1. The lowest BCUT2D eigenvalue weighted by atomic mass is 10.0. The standard InChI is InChI=1S/C14H14Cl2N2O2/c15-10-4-3-9(7-11(10)16)12-8-13(20-17-12)14(19)18-5-1-2-6-18/h3-4,7,13H,1-2,5-6,8H2. The minimum absolute atomic E-state index is 0.0290. The van der Waals surface area contributed by atoms with Crippen LogP contribution in [0.3, 0.4) is 0 Å². The largest absolute Gasteiger partial charge is 0.382 e. The maximum atomic E-state index is 12.2. The summed E-state index contributed by atoms with van der Waals surface area (Å²) in [5, 5.41) is 4.99. The number of likely N-dealkylation sites (tertiary alicyclic amines) is 1. The highest BCUT2D eigenvalue weighted by Crippen LogP contribution is 2.26. The van der Waals surface area contributed by atoms with Gasteiger partial charge < -0.3 is 9.74 Å². The van der Waals surface area contributed by atoms with Crippen LogP contribution in [0.5, 0.6) is 0 Å². The molecule has 2 aliphatic heterocycles. The molecular weight excluding hydrogens is 299 g/mol. The molecule has 0 N–H and O–H groups in total. The molecule has 0 spiro atoms. The van der Waals surface area contributed by atoms with E-state index in [9.17, 15) is 4.79 Å². The molecule has 0 aliphatic carbocycles. The van der Waals surface area contributed by atoms with Gasteiger partial charge in [-0.25, -0.2) is 0 Å². The van der Waals surface area contributed by atoms with Crippen LogP contribution in [0.15, 0.2) is 23.4 Å². The van der Waals surface area contributed by atoms with Gasteiger partial charge in [0.25, 0.3) is 5.91 Å². The Hall–Kier alpha value is -1.26. The third-order valence-electron chi connectivity index (χ3n) is 3.61. The van der Waals surface area contributed by atoms with Gasteiger partial charge in [0, 0.05) is 25.1 Å². The number of halogens is 2. The monoisotopic (exact) mass is 312 g/mol. The quantitative estimate of drug-likeness (QED) is 0.842. The second kappa shape index (κ2) is 5.62. The first-order valence-corrected chi connectivity index (χ1v) is 7.37. The van der Waals surface area contributed by atoms with Gasteiger partial charge >= 0.3 is 0 Å². The van der Waals surface area contributed by atoms with Crippen molar-refractivity contribution in [1.29, 1.82) is 0 Å². The fraction of sp³-hybridized carbons (Fsp3) is 0.429. The van der Waals surface area contributed by atoms with E-state index >= 15 is 0 Å². The molecule has 1 aromatic carbocycles. The van der Waals surface area contributed by atoms with Crippen molar-refractivity contribution in [2.24, 2.45) is 5.16 Å². The van der Waals surface area contributed by atoms with E-state index in [1.807, 2.05) is 11.0 Å². The number of hydrogen-bond acceptors (Lipinski definition) is 3. The Labute approximate surface area is 127 Å². The second-order valence-corrected chi connectivity index (χ2v) is 5.81. The molecule has 1 atom stereocenters. The third-order valence-corrected chi connectivity index (χ3v) is 4.35. The summed E-state index contributed by atoms with van der Waals surface area (Å²) in [5.74, 6) is 0.0290. The molecule has 1 fully saturated rings. The predicted octanol–water partition coefficient (Wildman–Crippen LogP) is 3.11. The molecule has 20 heavy (non-hydrogen) atoms. The summed E-state index contributed by atoms with van der Waals surface area (Å²) in [6.45, 7) is 1.64. The molecule has 2 heterocycles. The smallest absolute Gasteiger partial charge is 0.266 e. The van der Waals surface area contributed by atoms with Crippen molar-refractivity contribution in [2.75, 3.05) is 13.1 Å². The van der Waals surface area contributed by atoms with E-state index in [1.54, 1.807) is 12.1 Å². The minimum atomic E-state index is -0.502. The summed E-state index contributed by atoms with van der Waals surface area (Å²) in [5.41, 5.74) is 1.58. The Morgan fingerprint density at radius 3 is 2.70 bits per heavy atom. The number of rotatable bonds is 2. The van der Waals surface area contributed by atoms with Crippen LogP contribution in [0, 0.1) is 0 Å². The van der Waals surface area contributed by atoms with Crippen molar-refractivity contribution >= 4 is 34.8 Å². The van der Waals surface area contributed by atoms with Crippen LogP contribution >= 0.6 is 23.2 Å².